The van der Waals surface area contributed by atoms with E-state index in [-0.39, 0.29) is 0 Å². The summed E-state index contributed by atoms with van der Waals surface area (Å²) in [6.07, 6.45) is 0.986. The van der Waals surface area contributed by atoms with E-state index in [0.717, 1.165) is 17.5 Å². The summed E-state index contributed by atoms with van der Waals surface area (Å²) >= 11 is 3.63. The van der Waals surface area contributed by atoms with Crippen LogP contribution in [0.15, 0.2) is 48.5 Å². The van der Waals surface area contributed by atoms with E-state index in [2.05, 4.69) is 71.4 Å². The zero-order valence-corrected chi connectivity index (χ0v) is 13.0. The molecule has 1 atom stereocenters. The largest absolute Gasteiger partial charge is 0.496 e. The summed E-state index contributed by atoms with van der Waals surface area (Å²) in [6, 6.07) is 17.0. The number of aryl methyl sites for hydroxylation is 1. The van der Waals surface area contributed by atoms with Gasteiger partial charge in [0.15, 0.2) is 0 Å². The lowest BCUT2D eigenvalue weighted by molar-refractivity contribution is 0.408. The van der Waals surface area contributed by atoms with E-state index >= 15 is 0 Å². The second-order valence-corrected chi connectivity index (χ2v) is 5.43. The van der Waals surface area contributed by atoms with Crippen LogP contribution in [0.4, 0.5) is 0 Å². The van der Waals surface area contributed by atoms with E-state index in [9.17, 15) is 0 Å². The molecule has 0 heterocycles. The summed E-state index contributed by atoms with van der Waals surface area (Å²) < 4.78 is 5.47. The number of hydrogen-bond acceptors (Lipinski definition) is 1. The maximum Gasteiger partial charge on any atom is 0.122 e. The highest BCUT2D eigenvalue weighted by Crippen LogP contribution is 2.28. The van der Waals surface area contributed by atoms with Gasteiger partial charge in [-0.15, -0.1) is 0 Å². The fraction of sp³-hybridized carbons (Fsp3) is 0.294. The topological polar surface area (TPSA) is 9.23 Å². The van der Waals surface area contributed by atoms with Gasteiger partial charge < -0.3 is 4.74 Å². The molecule has 19 heavy (non-hydrogen) atoms. The highest BCUT2D eigenvalue weighted by atomic mass is 79.9. The summed E-state index contributed by atoms with van der Waals surface area (Å²) in [6.45, 7) is 2.12. The lowest BCUT2D eigenvalue weighted by Gasteiger charge is -2.17. The van der Waals surface area contributed by atoms with Crippen molar-refractivity contribution in [2.45, 2.75) is 19.3 Å². The Morgan fingerprint density at radius 2 is 1.84 bits per heavy atom. The van der Waals surface area contributed by atoms with Crippen LogP contribution in [0.1, 0.15) is 22.6 Å². The van der Waals surface area contributed by atoms with Crippen LogP contribution in [0, 0.1) is 6.92 Å². The van der Waals surface area contributed by atoms with Crippen LogP contribution in [0.3, 0.4) is 0 Å². The second kappa shape index (κ2) is 6.76. The molecule has 2 aromatic carbocycles. The first-order chi connectivity index (χ1) is 9.24. The number of halogens is 1. The van der Waals surface area contributed by atoms with Gasteiger partial charge in [-0.25, -0.2) is 0 Å². The maximum atomic E-state index is 5.47. The second-order valence-electron chi connectivity index (χ2n) is 4.78. The standard InChI is InChI=1S/C17H19BrO/c1-13-8-9-17(19-2)15(10-13)11-16(12-18)14-6-4-3-5-7-14/h3-10,16H,11-12H2,1-2H3. The summed E-state index contributed by atoms with van der Waals surface area (Å²) in [5.74, 6) is 1.45. The van der Waals surface area contributed by atoms with Crippen molar-refractivity contribution in [3.05, 3.63) is 65.2 Å². The Hall–Kier alpha value is -1.28. The van der Waals surface area contributed by atoms with E-state index in [0.29, 0.717) is 5.92 Å². The molecule has 0 bridgehead atoms. The number of methoxy groups -OCH3 is 1. The molecule has 2 rings (SSSR count). The summed E-state index contributed by atoms with van der Waals surface area (Å²) in [7, 11) is 1.74. The Kier molecular flexibility index (Phi) is 5.03. The smallest absolute Gasteiger partial charge is 0.122 e. The summed E-state index contributed by atoms with van der Waals surface area (Å²) in [4.78, 5) is 0. The molecule has 0 amide bonds. The minimum absolute atomic E-state index is 0.469. The Balaban J connectivity index is 2.26. The van der Waals surface area contributed by atoms with Gasteiger partial charge in [-0.05, 0) is 36.5 Å². The van der Waals surface area contributed by atoms with Crippen LogP contribution in [0.25, 0.3) is 0 Å². The van der Waals surface area contributed by atoms with Crippen LogP contribution in [-0.4, -0.2) is 12.4 Å². The molecule has 2 aromatic rings. The van der Waals surface area contributed by atoms with Gasteiger partial charge in [0.2, 0.25) is 0 Å². The van der Waals surface area contributed by atoms with Crippen molar-refractivity contribution in [3.63, 3.8) is 0 Å². The molecule has 2 heteroatoms. The molecule has 0 aliphatic rings. The molecule has 1 unspecified atom stereocenters. The highest BCUT2D eigenvalue weighted by molar-refractivity contribution is 9.09. The van der Waals surface area contributed by atoms with Crippen molar-refractivity contribution in [3.8, 4) is 5.75 Å². The summed E-state index contributed by atoms with van der Waals surface area (Å²) in [5, 5.41) is 0.952. The molecular weight excluding hydrogens is 300 g/mol. The van der Waals surface area contributed by atoms with E-state index in [1.165, 1.54) is 16.7 Å². The number of alkyl halides is 1. The Labute approximate surface area is 123 Å². The molecule has 100 valence electrons. The fourth-order valence-corrected chi connectivity index (χ4v) is 2.92. The average Bonchev–Trinajstić information content (AvgIpc) is 2.46. The van der Waals surface area contributed by atoms with Crippen LogP contribution in [0.2, 0.25) is 0 Å². The Bertz CT molecular complexity index is 522. The first-order valence-electron chi connectivity index (χ1n) is 6.49. The number of ether oxygens (including phenoxy) is 1. The quantitative estimate of drug-likeness (QED) is 0.724. The average molecular weight is 319 g/mol. The molecule has 0 spiro atoms. The van der Waals surface area contributed by atoms with Crippen molar-refractivity contribution in [2.24, 2.45) is 0 Å². The molecule has 0 saturated carbocycles. The SMILES string of the molecule is COc1ccc(C)cc1CC(CBr)c1ccccc1. The molecule has 0 radical (unpaired) electrons. The van der Waals surface area contributed by atoms with Gasteiger partial charge in [-0.2, -0.15) is 0 Å². The van der Waals surface area contributed by atoms with Crippen molar-refractivity contribution in [1.82, 2.24) is 0 Å². The van der Waals surface area contributed by atoms with E-state index in [1.54, 1.807) is 7.11 Å². The first-order valence-corrected chi connectivity index (χ1v) is 7.61. The van der Waals surface area contributed by atoms with Gasteiger partial charge >= 0.3 is 0 Å². The third-order valence-electron chi connectivity index (χ3n) is 3.36. The number of rotatable bonds is 5. The van der Waals surface area contributed by atoms with Gasteiger partial charge in [0.1, 0.15) is 5.75 Å². The maximum absolute atomic E-state index is 5.47. The number of hydrogen-bond donors (Lipinski definition) is 0. The van der Waals surface area contributed by atoms with E-state index in [4.69, 9.17) is 4.74 Å². The van der Waals surface area contributed by atoms with Gasteiger partial charge in [-0.3, -0.25) is 0 Å². The third-order valence-corrected chi connectivity index (χ3v) is 4.14. The van der Waals surface area contributed by atoms with Crippen molar-refractivity contribution >= 4 is 15.9 Å². The monoisotopic (exact) mass is 318 g/mol. The van der Waals surface area contributed by atoms with Crippen LogP contribution >= 0.6 is 15.9 Å². The van der Waals surface area contributed by atoms with Gasteiger partial charge in [-0.1, -0.05) is 64.0 Å². The minimum Gasteiger partial charge on any atom is -0.496 e. The van der Waals surface area contributed by atoms with Crippen molar-refractivity contribution in [1.29, 1.82) is 0 Å². The fourth-order valence-electron chi connectivity index (χ4n) is 2.32. The summed E-state index contributed by atoms with van der Waals surface area (Å²) in [5.41, 5.74) is 3.91. The molecule has 0 aliphatic heterocycles. The number of benzene rings is 2. The molecule has 0 N–H and O–H groups in total. The molecule has 0 saturated heterocycles. The predicted molar refractivity (Wildman–Crippen MR) is 84.4 cm³/mol. The zero-order valence-electron chi connectivity index (χ0n) is 11.4. The van der Waals surface area contributed by atoms with E-state index < -0.39 is 0 Å². The molecule has 0 aromatic heterocycles. The molecule has 0 aliphatic carbocycles. The van der Waals surface area contributed by atoms with Crippen LogP contribution in [-0.2, 0) is 6.42 Å². The molecule has 0 fully saturated rings. The van der Waals surface area contributed by atoms with Gasteiger partial charge in [0.25, 0.3) is 0 Å². The Morgan fingerprint density at radius 3 is 2.47 bits per heavy atom. The van der Waals surface area contributed by atoms with Crippen molar-refractivity contribution in [2.75, 3.05) is 12.4 Å². The Morgan fingerprint density at radius 1 is 1.11 bits per heavy atom. The third kappa shape index (κ3) is 3.60. The van der Waals surface area contributed by atoms with Gasteiger partial charge in [0.05, 0.1) is 7.11 Å². The minimum atomic E-state index is 0.469. The highest BCUT2D eigenvalue weighted by Gasteiger charge is 2.13. The van der Waals surface area contributed by atoms with Crippen molar-refractivity contribution < 1.29 is 4.74 Å². The lowest BCUT2D eigenvalue weighted by atomic mass is 9.92. The first kappa shape index (κ1) is 14.1. The van der Waals surface area contributed by atoms with E-state index in [1.807, 2.05) is 0 Å². The predicted octanol–water partition coefficient (Wildman–Crippen LogP) is 4.72. The van der Waals surface area contributed by atoms with Crippen LogP contribution in [0.5, 0.6) is 5.75 Å². The van der Waals surface area contributed by atoms with Gasteiger partial charge in [0, 0.05) is 5.33 Å². The molecule has 1 nitrogen and oxygen atoms in total. The normalized spacial score (nSPS) is 12.2. The lowest BCUT2D eigenvalue weighted by Crippen LogP contribution is -2.06. The zero-order chi connectivity index (χ0) is 13.7. The van der Waals surface area contributed by atoms with Crippen LogP contribution < -0.4 is 4.74 Å². The molecular formula is C17H19BrO.